The molecule has 1 aromatic heterocycles. The quantitative estimate of drug-likeness (QED) is 0.247. The fourth-order valence-electron chi connectivity index (χ4n) is 5.03. The van der Waals surface area contributed by atoms with E-state index in [0.29, 0.717) is 17.1 Å². The molecule has 0 amide bonds. The van der Waals surface area contributed by atoms with Crippen LogP contribution in [0, 0.1) is 12.7 Å². The molecule has 0 radical (unpaired) electrons. The number of likely N-dealkylation sites (N-methyl/N-ethyl adjacent to an activating group) is 1. The molecule has 1 fully saturated rings. The molecule has 2 N–H and O–H groups in total. The molecule has 0 atom stereocenters. The Morgan fingerprint density at radius 3 is 2.44 bits per heavy atom. The van der Waals surface area contributed by atoms with E-state index in [9.17, 15) is 4.39 Å². The van der Waals surface area contributed by atoms with Crippen LogP contribution in [0.2, 0.25) is 0 Å². The zero-order valence-corrected chi connectivity index (χ0v) is 25.0. The fraction of sp³-hybridized carbons (Fsp3) is 0.250. The number of imidazole rings is 1. The van der Waals surface area contributed by atoms with Gasteiger partial charge in [-0.1, -0.05) is 74.9 Å². The number of hydrogen-bond acceptors (Lipinski definition) is 3. The van der Waals surface area contributed by atoms with E-state index < -0.39 is 0 Å². The smallest absolute Gasteiger partial charge is 0.138 e. The lowest BCUT2D eigenvalue weighted by Crippen LogP contribution is -2.21. The van der Waals surface area contributed by atoms with E-state index in [1.807, 2.05) is 58.2 Å². The molecule has 0 bridgehead atoms. The number of halogens is 1. The monoisotopic (exact) mass is 550 g/mol. The molecule has 0 spiro atoms. The normalized spacial score (nSPS) is 15.7. The first-order valence-electron chi connectivity index (χ1n) is 14.1. The maximum Gasteiger partial charge on any atom is 0.138 e. The van der Waals surface area contributed by atoms with E-state index in [0.717, 1.165) is 58.9 Å². The molecule has 1 aromatic carbocycles. The second kappa shape index (κ2) is 15.0. The largest absolute Gasteiger partial charge is 0.388 e. The van der Waals surface area contributed by atoms with Crippen LogP contribution >= 0.6 is 0 Å². The number of aromatic amines is 1. The Bertz CT molecular complexity index is 1450. The molecular weight excluding hydrogens is 507 g/mol. The number of H-pyrrole nitrogens is 1. The van der Waals surface area contributed by atoms with Crippen molar-refractivity contribution in [3.8, 4) is 0 Å². The number of nitrogens with zero attached hydrogens (tertiary/aromatic N) is 2. The molecule has 1 saturated heterocycles. The summed E-state index contributed by atoms with van der Waals surface area (Å²) in [7, 11) is 1.88. The minimum atomic E-state index is -0.306. The van der Waals surface area contributed by atoms with Crippen LogP contribution in [0.3, 0.4) is 0 Å². The molecule has 1 aliphatic rings. The number of allylic oxidation sites excluding steroid dienone is 9. The van der Waals surface area contributed by atoms with Crippen molar-refractivity contribution >= 4 is 11.1 Å². The molecule has 2 aromatic rings. The summed E-state index contributed by atoms with van der Waals surface area (Å²) in [5.41, 5.74) is 8.58. The summed E-state index contributed by atoms with van der Waals surface area (Å²) in [5, 5.41) is 3.29. The average Bonchev–Trinajstić information content (AvgIpc) is 3.63. The molecule has 3 rings (SSSR count). The predicted molar refractivity (Wildman–Crippen MR) is 174 cm³/mol. The van der Waals surface area contributed by atoms with Crippen molar-refractivity contribution in [2.45, 2.75) is 33.6 Å². The highest BCUT2D eigenvalue weighted by atomic mass is 19.1. The zero-order chi connectivity index (χ0) is 29.9. The minimum Gasteiger partial charge on any atom is -0.388 e. The molecule has 214 valence electrons. The van der Waals surface area contributed by atoms with Crippen molar-refractivity contribution in [2.75, 3.05) is 26.7 Å². The van der Waals surface area contributed by atoms with Crippen molar-refractivity contribution in [1.29, 1.82) is 0 Å². The van der Waals surface area contributed by atoms with Gasteiger partial charge in [0.05, 0.1) is 5.69 Å². The van der Waals surface area contributed by atoms with E-state index in [1.165, 1.54) is 30.5 Å². The third-order valence-electron chi connectivity index (χ3n) is 7.23. The number of aromatic nitrogens is 2. The second-order valence-electron chi connectivity index (χ2n) is 10.1. The number of hydrogen-bond donors (Lipinski definition) is 2. The van der Waals surface area contributed by atoms with Crippen molar-refractivity contribution in [3.05, 3.63) is 150 Å². The second-order valence-corrected chi connectivity index (χ2v) is 10.1. The lowest BCUT2D eigenvalue weighted by Gasteiger charge is -2.17. The maximum atomic E-state index is 14.1. The topological polar surface area (TPSA) is 44.0 Å². The van der Waals surface area contributed by atoms with Gasteiger partial charge in [-0.05, 0) is 87.2 Å². The van der Waals surface area contributed by atoms with E-state index in [-0.39, 0.29) is 5.82 Å². The number of benzene rings is 1. The maximum absolute atomic E-state index is 14.1. The standard InChI is InChI=1S/C36H43FN4/c1-9-16-32(30-17-15-18-31(37)23-30)35-27(7)39-36(40-35)26(6)33(34(12-4)38-8)21-25(5)29(11-3)22-28(10-2)24-41-19-13-14-20-41/h9-12,15-18,21-23,38H,1-2,5-6,13-14,19-20,24H2,3-4,7-8H3,(H,39,40)/b28-22+,29-11+,32-16-,33-21-,34-12+. The predicted octanol–water partition coefficient (Wildman–Crippen LogP) is 8.25. The minimum absolute atomic E-state index is 0.306. The summed E-state index contributed by atoms with van der Waals surface area (Å²) < 4.78 is 14.1. The van der Waals surface area contributed by atoms with Gasteiger partial charge in [-0.25, -0.2) is 9.37 Å². The molecule has 4 nitrogen and oxygen atoms in total. The van der Waals surface area contributed by atoms with Crippen LogP contribution in [0.5, 0.6) is 0 Å². The average molecular weight is 551 g/mol. The highest BCUT2D eigenvalue weighted by molar-refractivity contribution is 5.84. The van der Waals surface area contributed by atoms with Crippen LogP contribution < -0.4 is 5.32 Å². The van der Waals surface area contributed by atoms with E-state index in [4.69, 9.17) is 4.98 Å². The van der Waals surface area contributed by atoms with Crippen LogP contribution in [-0.4, -0.2) is 41.5 Å². The first kappa shape index (κ1) is 31.3. The van der Waals surface area contributed by atoms with Crippen molar-refractivity contribution < 1.29 is 4.39 Å². The van der Waals surface area contributed by atoms with E-state index >= 15 is 0 Å². The molecule has 5 heteroatoms. The molecule has 0 aliphatic carbocycles. The van der Waals surface area contributed by atoms with Gasteiger partial charge < -0.3 is 10.3 Å². The van der Waals surface area contributed by atoms with E-state index in [2.05, 4.69) is 53.7 Å². The van der Waals surface area contributed by atoms with Crippen LogP contribution in [0.4, 0.5) is 4.39 Å². The SMILES string of the molecule is C=C/C=C(/c1cccc(F)c1)c1nc(C(=C)C(=C/C(=C)C(/C=C(\C=C)CN2CCCC2)=C/C)/C(=C\C)NC)[nH]c1C. The number of aryl methyl sites for hydroxylation is 1. The Labute approximate surface area is 245 Å². The van der Waals surface area contributed by atoms with Crippen LogP contribution in [-0.2, 0) is 0 Å². The third kappa shape index (κ3) is 7.92. The Balaban J connectivity index is 2.00. The van der Waals surface area contributed by atoms with Crippen LogP contribution in [0.25, 0.3) is 11.1 Å². The Morgan fingerprint density at radius 2 is 1.85 bits per heavy atom. The summed E-state index contributed by atoms with van der Waals surface area (Å²) in [4.78, 5) is 10.8. The summed E-state index contributed by atoms with van der Waals surface area (Å²) in [5.74, 6) is 0.315. The van der Waals surface area contributed by atoms with Crippen molar-refractivity contribution in [3.63, 3.8) is 0 Å². The van der Waals surface area contributed by atoms with Gasteiger partial charge >= 0.3 is 0 Å². The summed E-state index contributed by atoms with van der Waals surface area (Å²) in [6.45, 7) is 25.8. The lowest BCUT2D eigenvalue weighted by molar-refractivity contribution is 0.371. The highest BCUT2D eigenvalue weighted by Crippen LogP contribution is 2.31. The van der Waals surface area contributed by atoms with Gasteiger partial charge in [0.2, 0.25) is 0 Å². The van der Waals surface area contributed by atoms with Crippen LogP contribution in [0.15, 0.2) is 121 Å². The van der Waals surface area contributed by atoms with Gasteiger partial charge in [0, 0.05) is 41.7 Å². The van der Waals surface area contributed by atoms with Crippen LogP contribution in [0.1, 0.15) is 49.5 Å². The molecule has 1 aliphatic heterocycles. The molecule has 0 saturated carbocycles. The highest BCUT2D eigenvalue weighted by Gasteiger charge is 2.19. The summed E-state index contributed by atoms with van der Waals surface area (Å²) >= 11 is 0. The molecule has 2 heterocycles. The zero-order valence-electron chi connectivity index (χ0n) is 25.0. The third-order valence-corrected chi connectivity index (χ3v) is 7.23. The summed E-state index contributed by atoms with van der Waals surface area (Å²) in [6, 6.07) is 6.48. The Hall–Kier alpha value is -4.22. The molecular formula is C36H43FN4. The Morgan fingerprint density at radius 1 is 1.12 bits per heavy atom. The number of nitrogens with one attached hydrogen (secondary N) is 2. The first-order chi connectivity index (χ1) is 19.8. The van der Waals surface area contributed by atoms with Gasteiger partial charge in [-0.3, -0.25) is 4.90 Å². The van der Waals surface area contributed by atoms with Crippen molar-refractivity contribution in [2.24, 2.45) is 0 Å². The van der Waals surface area contributed by atoms with Gasteiger partial charge in [-0.2, -0.15) is 0 Å². The van der Waals surface area contributed by atoms with Gasteiger partial charge in [0.25, 0.3) is 0 Å². The lowest BCUT2D eigenvalue weighted by atomic mass is 9.96. The first-order valence-corrected chi connectivity index (χ1v) is 14.1. The Kier molecular flexibility index (Phi) is 11.4. The van der Waals surface area contributed by atoms with Gasteiger partial charge in [0.15, 0.2) is 0 Å². The van der Waals surface area contributed by atoms with Gasteiger partial charge in [0.1, 0.15) is 11.6 Å². The molecule has 0 unspecified atom stereocenters. The van der Waals surface area contributed by atoms with Crippen molar-refractivity contribution in [1.82, 2.24) is 20.2 Å². The van der Waals surface area contributed by atoms with E-state index in [1.54, 1.807) is 12.1 Å². The number of rotatable bonds is 13. The molecule has 41 heavy (non-hydrogen) atoms. The van der Waals surface area contributed by atoms with Gasteiger partial charge in [-0.15, -0.1) is 0 Å². The summed E-state index contributed by atoms with van der Waals surface area (Å²) in [6.07, 6.45) is 16.2. The number of likely N-dealkylation sites (tertiary alicyclic amines) is 1. The fourth-order valence-corrected chi connectivity index (χ4v) is 5.03.